The first kappa shape index (κ1) is 16.5. The summed E-state index contributed by atoms with van der Waals surface area (Å²) in [7, 11) is 1.63. The number of nitrogens with one attached hydrogen (secondary N) is 1. The third-order valence-corrected chi connectivity index (χ3v) is 3.67. The van der Waals surface area contributed by atoms with Gasteiger partial charge in [-0.25, -0.2) is 4.79 Å². The number of rotatable bonds is 4. The Morgan fingerprint density at radius 3 is 2.65 bits per heavy atom. The molecule has 2 aromatic rings. The second kappa shape index (κ2) is 6.47. The molecule has 1 N–H and O–H groups in total. The summed E-state index contributed by atoms with van der Waals surface area (Å²) in [5.41, 5.74) is 2.37. The molecule has 0 fully saturated rings. The molecular weight excluding hydrogens is 300 g/mol. The van der Waals surface area contributed by atoms with Gasteiger partial charge in [-0.3, -0.25) is 10.1 Å². The number of hydrogen-bond acceptors (Lipinski definition) is 5. The maximum atomic E-state index is 12.3. The number of nitro groups is 1. The van der Waals surface area contributed by atoms with Gasteiger partial charge >= 0.3 is 6.03 Å². The number of benzene rings is 1. The Bertz CT molecular complexity index is 734. The van der Waals surface area contributed by atoms with Crippen molar-refractivity contribution in [2.45, 2.75) is 27.3 Å². The highest BCUT2D eigenvalue weighted by Gasteiger charge is 2.18. The summed E-state index contributed by atoms with van der Waals surface area (Å²) in [6, 6.07) is 4.20. The van der Waals surface area contributed by atoms with Gasteiger partial charge in [-0.05, 0) is 26.8 Å². The highest BCUT2D eigenvalue weighted by molar-refractivity contribution is 5.90. The summed E-state index contributed by atoms with van der Waals surface area (Å²) in [6.45, 7) is 5.52. The molecule has 1 heterocycles. The lowest BCUT2D eigenvalue weighted by molar-refractivity contribution is -0.385. The quantitative estimate of drug-likeness (QED) is 0.689. The molecular formula is C15H18N4O4. The molecule has 0 saturated heterocycles. The lowest BCUT2D eigenvalue weighted by atomic mass is 10.1. The SMILES string of the molecule is Cc1noc(C)c1CN(C)C(=O)Nc1cccc([N+](=O)[O-])c1C. The molecule has 1 aromatic carbocycles. The smallest absolute Gasteiger partial charge is 0.321 e. The Hall–Kier alpha value is -2.90. The van der Waals surface area contributed by atoms with Crippen LogP contribution in [-0.2, 0) is 6.54 Å². The van der Waals surface area contributed by atoms with Gasteiger partial charge in [0.25, 0.3) is 5.69 Å². The van der Waals surface area contributed by atoms with Crippen molar-refractivity contribution in [3.63, 3.8) is 0 Å². The van der Waals surface area contributed by atoms with E-state index in [0.29, 0.717) is 23.6 Å². The first-order valence-electron chi connectivity index (χ1n) is 6.99. The average Bonchev–Trinajstić information content (AvgIpc) is 2.80. The number of urea groups is 1. The summed E-state index contributed by atoms with van der Waals surface area (Å²) in [5.74, 6) is 0.661. The fourth-order valence-corrected chi connectivity index (χ4v) is 2.20. The number of carbonyl (C=O) groups is 1. The number of aryl methyl sites for hydroxylation is 2. The van der Waals surface area contributed by atoms with E-state index in [4.69, 9.17) is 4.52 Å². The molecule has 122 valence electrons. The second-order valence-corrected chi connectivity index (χ2v) is 5.30. The van der Waals surface area contributed by atoms with E-state index < -0.39 is 4.92 Å². The van der Waals surface area contributed by atoms with Crippen molar-refractivity contribution in [3.05, 3.63) is 50.9 Å². The zero-order chi connectivity index (χ0) is 17.1. The van der Waals surface area contributed by atoms with Crippen molar-refractivity contribution in [2.75, 3.05) is 12.4 Å². The van der Waals surface area contributed by atoms with Crippen molar-refractivity contribution in [3.8, 4) is 0 Å². The van der Waals surface area contributed by atoms with Gasteiger partial charge < -0.3 is 14.7 Å². The Labute approximate surface area is 133 Å². The molecule has 23 heavy (non-hydrogen) atoms. The maximum absolute atomic E-state index is 12.3. The van der Waals surface area contributed by atoms with E-state index >= 15 is 0 Å². The van der Waals surface area contributed by atoms with Crippen molar-refractivity contribution >= 4 is 17.4 Å². The molecule has 0 radical (unpaired) electrons. The van der Waals surface area contributed by atoms with Crippen LogP contribution < -0.4 is 5.32 Å². The Morgan fingerprint density at radius 2 is 2.09 bits per heavy atom. The average molecular weight is 318 g/mol. The summed E-state index contributed by atoms with van der Waals surface area (Å²) < 4.78 is 5.07. The minimum absolute atomic E-state index is 0.0313. The van der Waals surface area contributed by atoms with Gasteiger partial charge in [0.1, 0.15) is 5.76 Å². The Kier molecular flexibility index (Phi) is 4.63. The predicted octanol–water partition coefficient (Wildman–Crippen LogP) is 3.17. The van der Waals surface area contributed by atoms with Gasteiger partial charge in [0.2, 0.25) is 0 Å². The summed E-state index contributed by atoms with van der Waals surface area (Å²) in [6.07, 6.45) is 0. The molecule has 0 spiro atoms. The Morgan fingerprint density at radius 1 is 1.39 bits per heavy atom. The van der Waals surface area contributed by atoms with Crippen LogP contribution in [-0.4, -0.2) is 28.1 Å². The molecule has 0 aliphatic heterocycles. The van der Waals surface area contributed by atoms with Crippen LogP contribution in [0.4, 0.5) is 16.2 Å². The first-order chi connectivity index (χ1) is 10.8. The number of aromatic nitrogens is 1. The van der Waals surface area contributed by atoms with E-state index in [2.05, 4.69) is 10.5 Å². The molecule has 0 aliphatic rings. The molecule has 0 unspecified atom stereocenters. The van der Waals surface area contributed by atoms with Gasteiger partial charge in [-0.2, -0.15) is 0 Å². The van der Waals surface area contributed by atoms with E-state index in [9.17, 15) is 14.9 Å². The van der Waals surface area contributed by atoms with Crippen molar-refractivity contribution in [2.24, 2.45) is 0 Å². The van der Waals surface area contributed by atoms with Crippen molar-refractivity contribution < 1.29 is 14.2 Å². The monoisotopic (exact) mass is 318 g/mol. The molecule has 0 atom stereocenters. The van der Waals surface area contributed by atoms with E-state index in [0.717, 1.165) is 11.3 Å². The zero-order valence-electron chi connectivity index (χ0n) is 13.4. The second-order valence-electron chi connectivity index (χ2n) is 5.30. The normalized spacial score (nSPS) is 10.4. The molecule has 2 rings (SSSR count). The van der Waals surface area contributed by atoms with Gasteiger partial charge in [0.05, 0.1) is 28.4 Å². The van der Waals surface area contributed by atoms with Crippen LogP contribution in [0, 0.1) is 30.9 Å². The minimum atomic E-state index is -0.474. The highest BCUT2D eigenvalue weighted by Crippen LogP contribution is 2.25. The van der Waals surface area contributed by atoms with Gasteiger partial charge in [-0.15, -0.1) is 0 Å². The van der Waals surface area contributed by atoms with Gasteiger partial charge in [0, 0.05) is 18.7 Å². The summed E-state index contributed by atoms with van der Waals surface area (Å²) >= 11 is 0. The van der Waals surface area contributed by atoms with Crippen LogP contribution in [0.2, 0.25) is 0 Å². The summed E-state index contributed by atoms with van der Waals surface area (Å²) in [5, 5.41) is 17.5. The minimum Gasteiger partial charge on any atom is -0.361 e. The third-order valence-electron chi connectivity index (χ3n) is 3.67. The van der Waals surface area contributed by atoms with Crippen LogP contribution in [0.15, 0.2) is 22.7 Å². The number of carbonyl (C=O) groups excluding carboxylic acids is 1. The van der Waals surface area contributed by atoms with Crippen molar-refractivity contribution in [1.29, 1.82) is 0 Å². The molecule has 0 saturated carbocycles. The lowest BCUT2D eigenvalue weighted by Gasteiger charge is -2.18. The van der Waals surface area contributed by atoms with E-state index in [-0.39, 0.29) is 11.7 Å². The topological polar surface area (TPSA) is 102 Å². The number of nitrogens with zero attached hydrogens (tertiary/aromatic N) is 3. The lowest BCUT2D eigenvalue weighted by Crippen LogP contribution is -2.31. The fraction of sp³-hybridized carbons (Fsp3) is 0.333. The molecule has 0 aliphatic carbocycles. The maximum Gasteiger partial charge on any atom is 0.321 e. The van der Waals surface area contributed by atoms with Crippen LogP contribution in [0.3, 0.4) is 0 Å². The van der Waals surface area contributed by atoms with Crippen LogP contribution >= 0.6 is 0 Å². The molecule has 8 heteroatoms. The first-order valence-corrected chi connectivity index (χ1v) is 6.99. The van der Waals surface area contributed by atoms with E-state index in [1.807, 2.05) is 6.92 Å². The number of nitro benzene ring substituents is 1. The number of amides is 2. The van der Waals surface area contributed by atoms with Crippen LogP contribution in [0.25, 0.3) is 0 Å². The third kappa shape index (κ3) is 3.47. The molecule has 0 bridgehead atoms. The molecule has 2 amide bonds. The standard InChI is InChI=1S/C15H18N4O4/c1-9-13(6-5-7-14(9)19(21)22)16-15(20)18(4)8-12-10(2)17-23-11(12)3/h5-7H,8H2,1-4H3,(H,16,20). The van der Waals surface area contributed by atoms with Crippen molar-refractivity contribution in [1.82, 2.24) is 10.1 Å². The van der Waals surface area contributed by atoms with E-state index in [1.165, 1.54) is 17.0 Å². The predicted molar refractivity (Wildman–Crippen MR) is 84.3 cm³/mol. The summed E-state index contributed by atoms with van der Waals surface area (Å²) in [4.78, 5) is 24.2. The van der Waals surface area contributed by atoms with Gasteiger partial charge in [0.15, 0.2) is 0 Å². The highest BCUT2D eigenvalue weighted by atomic mass is 16.6. The Balaban J connectivity index is 2.13. The van der Waals surface area contributed by atoms with E-state index in [1.54, 1.807) is 27.0 Å². The van der Waals surface area contributed by atoms with Gasteiger partial charge in [-0.1, -0.05) is 11.2 Å². The number of hydrogen-bond donors (Lipinski definition) is 1. The van der Waals surface area contributed by atoms with Crippen LogP contribution in [0.1, 0.15) is 22.6 Å². The zero-order valence-corrected chi connectivity index (χ0v) is 13.4. The number of anilines is 1. The largest absolute Gasteiger partial charge is 0.361 e. The fourth-order valence-electron chi connectivity index (χ4n) is 2.20. The molecule has 1 aromatic heterocycles. The van der Waals surface area contributed by atoms with Crippen LogP contribution in [0.5, 0.6) is 0 Å². The molecule has 8 nitrogen and oxygen atoms in total.